The van der Waals surface area contributed by atoms with Gasteiger partial charge >= 0.3 is 0 Å². The van der Waals surface area contributed by atoms with Gasteiger partial charge in [-0.05, 0) is 22.0 Å². The third kappa shape index (κ3) is 3.16. The predicted molar refractivity (Wildman–Crippen MR) is 83.5 cm³/mol. The number of benzene rings is 1. The lowest BCUT2D eigenvalue weighted by atomic mass is 10.2. The maximum atomic E-state index is 12.1. The Morgan fingerprint density at radius 1 is 1.24 bits per heavy atom. The van der Waals surface area contributed by atoms with Crippen molar-refractivity contribution in [2.75, 3.05) is 18.5 Å². The number of fused-ring (bicyclic) bond motifs is 1. The summed E-state index contributed by atoms with van der Waals surface area (Å²) >= 11 is 9.47. The Balaban J connectivity index is 1.85. The van der Waals surface area contributed by atoms with Crippen molar-refractivity contribution in [3.8, 4) is 11.5 Å². The van der Waals surface area contributed by atoms with E-state index in [1.165, 1.54) is 0 Å². The molecule has 0 fully saturated rings. The number of carbonyl (C=O) groups excluding carboxylic acids is 1. The van der Waals surface area contributed by atoms with Crippen LogP contribution in [0.5, 0.6) is 11.5 Å². The number of anilines is 1. The fraction of sp³-hybridized carbons (Fsp3) is 0.214. The van der Waals surface area contributed by atoms with Crippen molar-refractivity contribution in [2.45, 2.75) is 6.42 Å². The third-order valence-electron chi connectivity index (χ3n) is 2.98. The molecule has 0 saturated carbocycles. The molecule has 1 amide bonds. The van der Waals surface area contributed by atoms with Crippen molar-refractivity contribution < 1.29 is 14.3 Å². The molecule has 1 aromatic carbocycles. The third-order valence-corrected chi connectivity index (χ3v) is 3.75. The largest absolute Gasteiger partial charge is 0.490 e. The summed E-state index contributed by atoms with van der Waals surface area (Å²) in [6, 6.07) is 5.02. The van der Waals surface area contributed by atoms with Gasteiger partial charge in [-0.2, -0.15) is 0 Å². The maximum Gasteiger partial charge on any atom is 0.272 e. The number of ether oxygens (including phenoxy) is 2. The van der Waals surface area contributed by atoms with Gasteiger partial charge in [0.15, 0.2) is 11.5 Å². The first kappa shape index (κ1) is 14.3. The average Bonchev–Trinajstić information content (AvgIpc) is 2.76. The van der Waals surface area contributed by atoms with Crippen molar-refractivity contribution in [3.63, 3.8) is 0 Å². The quantitative estimate of drug-likeness (QED) is 0.843. The zero-order valence-electron chi connectivity index (χ0n) is 10.9. The summed E-state index contributed by atoms with van der Waals surface area (Å²) in [6.45, 7) is 1.16. The molecular weight excluding hydrogens is 360 g/mol. The summed E-state index contributed by atoms with van der Waals surface area (Å²) in [4.78, 5) is 15.0. The first-order valence-electron chi connectivity index (χ1n) is 6.38. The summed E-state index contributed by atoms with van der Waals surface area (Å²) in [7, 11) is 0. The molecular formula is C14H12BrClN2O3. The normalized spacial score (nSPS) is 13.6. The molecule has 2 N–H and O–H groups in total. The fourth-order valence-corrected chi connectivity index (χ4v) is 2.51. The minimum atomic E-state index is -0.280. The summed E-state index contributed by atoms with van der Waals surface area (Å²) < 4.78 is 11.9. The summed E-state index contributed by atoms with van der Waals surface area (Å²) in [5.74, 6) is 0.898. The van der Waals surface area contributed by atoms with Gasteiger partial charge in [-0.1, -0.05) is 11.6 Å². The second-order valence-corrected chi connectivity index (χ2v) is 5.84. The van der Waals surface area contributed by atoms with Crippen molar-refractivity contribution in [1.82, 2.24) is 4.98 Å². The molecule has 0 atom stereocenters. The first-order chi connectivity index (χ1) is 10.1. The van der Waals surface area contributed by atoms with E-state index in [9.17, 15) is 4.79 Å². The second-order valence-electron chi connectivity index (χ2n) is 4.51. The molecule has 7 heteroatoms. The number of halogens is 2. The number of hydrogen-bond donors (Lipinski definition) is 2. The molecule has 0 aliphatic carbocycles. The predicted octanol–water partition coefficient (Wildman–Crippen LogP) is 3.84. The molecule has 21 heavy (non-hydrogen) atoms. The smallest absolute Gasteiger partial charge is 0.272 e. The highest BCUT2D eigenvalue weighted by molar-refractivity contribution is 9.10. The van der Waals surface area contributed by atoms with Gasteiger partial charge in [0.25, 0.3) is 5.91 Å². The van der Waals surface area contributed by atoms with E-state index < -0.39 is 0 Å². The molecule has 0 spiro atoms. The highest BCUT2D eigenvalue weighted by atomic mass is 79.9. The summed E-state index contributed by atoms with van der Waals surface area (Å²) in [5.41, 5.74) is 0.918. The van der Waals surface area contributed by atoms with Gasteiger partial charge < -0.3 is 19.8 Å². The van der Waals surface area contributed by atoms with Crippen LogP contribution in [0.2, 0.25) is 5.02 Å². The number of aromatic nitrogens is 1. The van der Waals surface area contributed by atoms with Crippen LogP contribution >= 0.6 is 27.5 Å². The molecule has 110 valence electrons. The Kier molecular flexibility index (Phi) is 4.07. The zero-order valence-corrected chi connectivity index (χ0v) is 13.3. The molecule has 0 saturated heterocycles. The standard InChI is InChI=1S/C14H12BrClN2O3/c15-8-4-11(17-7-8)14(19)18-10-6-13-12(5-9(10)16)20-2-1-3-21-13/h4-7,17H,1-3H2,(H,18,19). The molecule has 1 aliphatic rings. The van der Waals surface area contributed by atoms with E-state index in [4.69, 9.17) is 21.1 Å². The van der Waals surface area contributed by atoms with Crippen LogP contribution in [-0.2, 0) is 0 Å². The van der Waals surface area contributed by atoms with Gasteiger partial charge in [0.1, 0.15) is 5.69 Å². The van der Waals surface area contributed by atoms with Gasteiger partial charge in [0.05, 0.1) is 23.9 Å². The van der Waals surface area contributed by atoms with Crippen molar-refractivity contribution in [2.24, 2.45) is 0 Å². The minimum Gasteiger partial charge on any atom is -0.490 e. The lowest BCUT2D eigenvalue weighted by molar-refractivity contribution is 0.102. The van der Waals surface area contributed by atoms with Crippen LogP contribution in [0.1, 0.15) is 16.9 Å². The number of aromatic amines is 1. The Hall–Kier alpha value is -1.66. The Morgan fingerprint density at radius 3 is 2.62 bits per heavy atom. The number of carbonyl (C=O) groups is 1. The van der Waals surface area contributed by atoms with Gasteiger partial charge in [0, 0.05) is 29.2 Å². The van der Waals surface area contributed by atoms with E-state index in [1.54, 1.807) is 24.4 Å². The Morgan fingerprint density at radius 2 is 1.95 bits per heavy atom. The van der Waals surface area contributed by atoms with Gasteiger partial charge in [-0.25, -0.2) is 0 Å². The SMILES string of the molecule is O=C(Nc1cc2c(cc1Cl)OCCCO2)c1cc(Br)c[nH]1. The first-order valence-corrected chi connectivity index (χ1v) is 7.55. The summed E-state index contributed by atoms with van der Waals surface area (Å²) in [6.07, 6.45) is 2.50. The number of nitrogens with one attached hydrogen (secondary N) is 2. The van der Waals surface area contributed by atoms with Crippen LogP contribution in [0.25, 0.3) is 0 Å². The Labute approximate surface area is 134 Å². The number of hydrogen-bond acceptors (Lipinski definition) is 3. The Bertz CT molecular complexity index is 687. The number of rotatable bonds is 2. The lowest BCUT2D eigenvalue weighted by Crippen LogP contribution is -2.12. The van der Waals surface area contributed by atoms with E-state index in [0.717, 1.165) is 10.9 Å². The topological polar surface area (TPSA) is 63.4 Å². The van der Waals surface area contributed by atoms with Crippen molar-refractivity contribution >= 4 is 39.1 Å². The molecule has 2 aromatic rings. The zero-order chi connectivity index (χ0) is 14.8. The molecule has 5 nitrogen and oxygen atoms in total. The molecule has 1 aliphatic heterocycles. The maximum absolute atomic E-state index is 12.1. The molecule has 0 bridgehead atoms. The lowest BCUT2D eigenvalue weighted by Gasteiger charge is -2.12. The molecule has 1 aromatic heterocycles. The number of amides is 1. The van der Waals surface area contributed by atoms with E-state index in [-0.39, 0.29) is 5.91 Å². The van der Waals surface area contributed by atoms with E-state index in [1.807, 2.05) is 0 Å². The van der Waals surface area contributed by atoms with Gasteiger partial charge in [-0.3, -0.25) is 4.79 Å². The average molecular weight is 372 g/mol. The van der Waals surface area contributed by atoms with Gasteiger partial charge in [0.2, 0.25) is 0 Å². The van der Waals surface area contributed by atoms with E-state index in [0.29, 0.717) is 41.1 Å². The van der Waals surface area contributed by atoms with E-state index >= 15 is 0 Å². The monoisotopic (exact) mass is 370 g/mol. The molecule has 0 radical (unpaired) electrons. The number of H-pyrrole nitrogens is 1. The van der Waals surface area contributed by atoms with Crippen LogP contribution < -0.4 is 14.8 Å². The van der Waals surface area contributed by atoms with Gasteiger partial charge in [-0.15, -0.1) is 0 Å². The summed E-state index contributed by atoms with van der Waals surface area (Å²) in [5, 5.41) is 3.15. The highest BCUT2D eigenvalue weighted by Gasteiger charge is 2.16. The van der Waals surface area contributed by atoms with Crippen LogP contribution in [0, 0.1) is 0 Å². The van der Waals surface area contributed by atoms with Crippen molar-refractivity contribution in [1.29, 1.82) is 0 Å². The molecule has 3 rings (SSSR count). The fourth-order valence-electron chi connectivity index (χ4n) is 1.97. The van der Waals surface area contributed by atoms with E-state index in [2.05, 4.69) is 26.2 Å². The molecule has 2 heterocycles. The van der Waals surface area contributed by atoms with Crippen LogP contribution in [0.3, 0.4) is 0 Å². The molecule has 0 unspecified atom stereocenters. The second kappa shape index (κ2) is 5.99. The van der Waals surface area contributed by atoms with Crippen LogP contribution in [-0.4, -0.2) is 24.1 Å². The van der Waals surface area contributed by atoms with Crippen molar-refractivity contribution in [3.05, 3.63) is 39.6 Å². The highest BCUT2D eigenvalue weighted by Crippen LogP contribution is 2.37. The van der Waals surface area contributed by atoms with Crippen LogP contribution in [0.15, 0.2) is 28.9 Å². The minimum absolute atomic E-state index is 0.280. The van der Waals surface area contributed by atoms with Crippen LogP contribution in [0.4, 0.5) is 5.69 Å².